The molecule has 0 saturated carbocycles. The van der Waals surface area contributed by atoms with Crippen LogP contribution in [0.5, 0.6) is 5.75 Å². The third kappa shape index (κ3) is 5.73. The summed E-state index contributed by atoms with van der Waals surface area (Å²) in [5.74, 6) is -2.26. The summed E-state index contributed by atoms with van der Waals surface area (Å²) < 4.78 is 36.5. The predicted octanol–water partition coefficient (Wildman–Crippen LogP) is 3.56. The van der Waals surface area contributed by atoms with Crippen LogP contribution >= 0.6 is 11.8 Å². The second-order valence-electron chi connectivity index (χ2n) is 5.28. The van der Waals surface area contributed by atoms with Gasteiger partial charge < -0.3 is 14.8 Å². The number of methoxy groups -OCH3 is 1. The van der Waals surface area contributed by atoms with Gasteiger partial charge in [0.2, 0.25) is 0 Å². The van der Waals surface area contributed by atoms with Gasteiger partial charge in [0.15, 0.2) is 6.61 Å². The van der Waals surface area contributed by atoms with E-state index in [1.54, 1.807) is 12.1 Å². The van der Waals surface area contributed by atoms with E-state index in [4.69, 9.17) is 9.47 Å². The smallest absolute Gasteiger partial charge is 0.316 e. The van der Waals surface area contributed by atoms with Crippen molar-refractivity contribution in [2.24, 2.45) is 0 Å². The number of rotatable bonds is 7. The van der Waals surface area contributed by atoms with Crippen molar-refractivity contribution in [2.45, 2.75) is 11.8 Å². The van der Waals surface area contributed by atoms with E-state index in [2.05, 4.69) is 5.32 Å². The summed E-state index contributed by atoms with van der Waals surface area (Å²) in [6, 6.07) is 8.22. The van der Waals surface area contributed by atoms with Gasteiger partial charge in [0.1, 0.15) is 17.4 Å². The first-order valence-corrected chi connectivity index (χ1v) is 8.55. The number of amides is 1. The fourth-order valence-corrected chi connectivity index (χ4v) is 2.78. The normalized spacial score (nSPS) is 10.3. The highest BCUT2D eigenvalue weighted by atomic mass is 32.2. The first-order valence-electron chi connectivity index (χ1n) is 7.57. The molecule has 8 heteroatoms. The predicted molar refractivity (Wildman–Crippen MR) is 94.4 cm³/mol. The number of nitrogens with one attached hydrogen (secondary N) is 1. The van der Waals surface area contributed by atoms with Crippen molar-refractivity contribution in [3.63, 3.8) is 0 Å². The van der Waals surface area contributed by atoms with Crippen LogP contribution in [0.3, 0.4) is 0 Å². The molecule has 0 aromatic heterocycles. The van der Waals surface area contributed by atoms with Crippen LogP contribution in [-0.2, 0) is 14.3 Å². The lowest BCUT2D eigenvalue weighted by Gasteiger charge is -2.11. The van der Waals surface area contributed by atoms with Crippen LogP contribution in [0.15, 0.2) is 41.3 Å². The maximum absolute atomic E-state index is 13.5. The maximum atomic E-state index is 13.5. The second-order valence-corrected chi connectivity index (χ2v) is 6.29. The molecule has 0 spiro atoms. The molecule has 0 atom stereocenters. The summed E-state index contributed by atoms with van der Waals surface area (Å²) in [7, 11) is 1.48. The van der Waals surface area contributed by atoms with Crippen molar-refractivity contribution in [3.05, 3.63) is 53.6 Å². The van der Waals surface area contributed by atoms with Crippen LogP contribution in [0.4, 0.5) is 14.5 Å². The lowest BCUT2D eigenvalue weighted by Crippen LogP contribution is -2.22. The number of ether oxygens (including phenoxy) is 2. The zero-order valence-corrected chi connectivity index (χ0v) is 15.0. The number of thioether (sulfide) groups is 1. The van der Waals surface area contributed by atoms with E-state index in [1.807, 2.05) is 13.0 Å². The Labute approximate surface area is 153 Å². The van der Waals surface area contributed by atoms with Gasteiger partial charge in [0.25, 0.3) is 5.91 Å². The number of carbonyl (C=O) groups excluding carboxylic acids is 2. The molecule has 26 heavy (non-hydrogen) atoms. The van der Waals surface area contributed by atoms with E-state index in [0.29, 0.717) is 11.4 Å². The highest BCUT2D eigenvalue weighted by Crippen LogP contribution is 2.25. The number of esters is 1. The molecule has 5 nitrogen and oxygen atoms in total. The standard InChI is InChI=1S/C18H17F2NO4S/c1-11-3-6-15(24-2)14(7-11)21-17(22)9-25-18(23)10-26-16-8-12(19)4-5-13(16)20/h3-8H,9-10H2,1-2H3,(H,21,22). The third-order valence-electron chi connectivity index (χ3n) is 3.23. The third-order valence-corrected chi connectivity index (χ3v) is 4.24. The van der Waals surface area contributed by atoms with Crippen LogP contribution in [0.25, 0.3) is 0 Å². The Morgan fingerprint density at radius 3 is 2.65 bits per heavy atom. The van der Waals surface area contributed by atoms with Crippen LogP contribution in [0, 0.1) is 18.6 Å². The van der Waals surface area contributed by atoms with Crippen molar-refractivity contribution < 1.29 is 27.8 Å². The van der Waals surface area contributed by atoms with Gasteiger partial charge in [-0.25, -0.2) is 8.78 Å². The number of benzene rings is 2. The average Bonchev–Trinajstić information content (AvgIpc) is 2.61. The van der Waals surface area contributed by atoms with Gasteiger partial charge in [-0.2, -0.15) is 0 Å². The molecule has 0 aliphatic carbocycles. The van der Waals surface area contributed by atoms with Crippen molar-refractivity contribution in [1.29, 1.82) is 0 Å². The molecule has 2 rings (SSSR count). The quantitative estimate of drug-likeness (QED) is 0.587. The molecular weight excluding hydrogens is 364 g/mol. The highest BCUT2D eigenvalue weighted by Gasteiger charge is 2.12. The lowest BCUT2D eigenvalue weighted by molar-refractivity contribution is -0.144. The van der Waals surface area contributed by atoms with Crippen molar-refractivity contribution in [1.82, 2.24) is 0 Å². The van der Waals surface area contributed by atoms with Gasteiger partial charge in [-0.15, -0.1) is 11.8 Å². The zero-order chi connectivity index (χ0) is 19.1. The molecular formula is C18H17F2NO4S. The fraction of sp³-hybridized carbons (Fsp3) is 0.222. The Bertz CT molecular complexity index is 814. The topological polar surface area (TPSA) is 64.6 Å². The number of aryl methyl sites for hydroxylation is 1. The van der Waals surface area contributed by atoms with Crippen molar-refractivity contribution >= 4 is 29.3 Å². The van der Waals surface area contributed by atoms with Gasteiger partial charge in [0, 0.05) is 4.90 Å². The van der Waals surface area contributed by atoms with E-state index >= 15 is 0 Å². The minimum Gasteiger partial charge on any atom is -0.495 e. The molecule has 138 valence electrons. The summed E-state index contributed by atoms with van der Waals surface area (Å²) >= 11 is 0.792. The van der Waals surface area contributed by atoms with Gasteiger partial charge in [-0.1, -0.05) is 6.07 Å². The minimum absolute atomic E-state index is 0.00380. The molecule has 2 aromatic carbocycles. The number of hydrogen-bond donors (Lipinski definition) is 1. The molecule has 1 N–H and O–H groups in total. The van der Waals surface area contributed by atoms with Crippen molar-refractivity contribution in [3.8, 4) is 5.75 Å². The number of carbonyl (C=O) groups is 2. The molecule has 0 heterocycles. The SMILES string of the molecule is COc1ccc(C)cc1NC(=O)COC(=O)CSc1cc(F)ccc1F. The van der Waals surface area contributed by atoms with Crippen LogP contribution in [0.2, 0.25) is 0 Å². The van der Waals surface area contributed by atoms with E-state index < -0.39 is 30.1 Å². The molecule has 0 aliphatic rings. The number of anilines is 1. The summed E-state index contributed by atoms with van der Waals surface area (Å²) in [4.78, 5) is 23.6. The average molecular weight is 381 g/mol. The van der Waals surface area contributed by atoms with Crippen LogP contribution in [0.1, 0.15) is 5.56 Å². The summed E-state index contributed by atoms with van der Waals surface area (Å²) in [5, 5.41) is 2.59. The number of halogens is 2. The minimum atomic E-state index is -0.718. The van der Waals surface area contributed by atoms with Gasteiger partial charge in [-0.05, 0) is 42.8 Å². The van der Waals surface area contributed by atoms with Gasteiger partial charge >= 0.3 is 5.97 Å². The summed E-state index contributed by atoms with van der Waals surface area (Å²) in [6.07, 6.45) is 0. The Balaban J connectivity index is 1.82. The first-order chi connectivity index (χ1) is 12.4. The summed E-state index contributed by atoms with van der Waals surface area (Å²) in [6.45, 7) is 1.36. The van der Waals surface area contributed by atoms with E-state index in [1.165, 1.54) is 7.11 Å². The monoisotopic (exact) mass is 381 g/mol. The Morgan fingerprint density at radius 2 is 1.92 bits per heavy atom. The molecule has 0 bridgehead atoms. The van der Waals surface area contributed by atoms with E-state index in [-0.39, 0.29) is 10.6 Å². The molecule has 2 aromatic rings. The second kappa shape index (κ2) is 9.19. The highest BCUT2D eigenvalue weighted by molar-refractivity contribution is 8.00. The maximum Gasteiger partial charge on any atom is 0.316 e. The van der Waals surface area contributed by atoms with E-state index in [9.17, 15) is 18.4 Å². The molecule has 0 aliphatic heterocycles. The number of hydrogen-bond acceptors (Lipinski definition) is 5. The van der Waals surface area contributed by atoms with Gasteiger partial charge in [0.05, 0.1) is 18.6 Å². The Kier molecular flexibility index (Phi) is 6.97. The Hall–Kier alpha value is -2.61. The van der Waals surface area contributed by atoms with Crippen LogP contribution < -0.4 is 10.1 Å². The molecule has 0 unspecified atom stereocenters. The largest absolute Gasteiger partial charge is 0.495 e. The molecule has 0 fully saturated rings. The molecule has 1 amide bonds. The Morgan fingerprint density at radius 1 is 1.15 bits per heavy atom. The van der Waals surface area contributed by atoms with Gasteiger partial charge in [-0.3, -0.25) is 9.59 Å². The molecule has 0 saturated heterocycles. The fourth-order valence-electron chi connectivity index (χ4n) is 2.02. The van der Waals surface area contributed by atoms with Crippen molar-refractivity contribution in [2.75, 3.05) is 24.8 Å². The first kappa shape index (κ1) is 19.7. The lowest BCUT2D eigenvalue weighted by atomic mass is 10.2. The molecule has 0 radical (unpaired) electrons. The van der Waals surface area contributed by atoms with E-state index in [0.717, 1.165) is 35.5 Å². The summed E-state index contributed by atoms with van der Waals surface area (Å²) in [5.41, 5.74) is 1.39. The van der Waals surface area contributed by atoms with Crippen LogP contribution in [-0.4, -0.2) is 31.3 Å². The zero-order valence-electron chi connectivity index (χ0n) is 14.2.